The molecule has 3 heterocycles. The van der Waals surface area contributed by atoms with Crippen molar-refractivity contribution in [3.63, 3.8) is 0 Å². The fourth-order valence-electron chi connectivity index (χ4n) is 4.87. The van der Waals surface area contributed by atoms with Gasteiger partial charge in [0.05, 0.1) is 6.61 Å². The van der Waals surface area contributed by atoms with Crippen molar-refractivity contribution < 1.29 is 18.3 Å². The molecule has 3 aliphatic heterocycles. The summed E-state index contributed by atoms with van der Waals surface area (Å²) in [6.45, 7) is 2.38. The van der Waals surface area contributed by atoms with Gasteiger partial charge in [0.25, 0.3) is 0 Å². The van der Waals surface area contributed by atoms with Gasteiger partial charge in [-0.2, -0.15) is 5.10 Å². The minimum Gasteiger partial charge on any atom is -0.493 e. The number of alkyl halides is 1. The number of ether oxygens (including phenoxy) is 1. The highest BCUT2D eigenvalue weighted by Crippen LogP contribution is 2.55. The number of hydrogen-bond donors (Lipinski definition) is 1. The summed E-state index contributed by atoms with van der Waals surface area (Å²) in [4.78, 5) is 12.7. The van der Waals surface area contributed by atoms with Gasteiger partial charge < -0.3 is 10.1 Å². The first-order valence-electron chi connectivity index (χ1n) is 11.3. The number of amides is 1. The highest BCUT2D eigenvalue weighted by Gasteiger charge is 2.52. The summed E-state index contributed by atoms with van der Waals surface area (Å²) >= 11 is 1.33. The molecule has 1 spiro atoms. The topological polar surface area (TPSA) is 53.9 Å². The molecule has 5 rings (SSSR count). The normalized spacial score (nSPS) is 29.7. The number of carbonyl (C=O) groups excluding carboxylic acids is 1. The summed E-state index contributed by atoms with van der Waals surface area (Å²) in [6.07, 6.45) is 5.23. The van der Waals surface area contributed by atoms with Crippen molar-refractivity contribution in [2.24, 2.45) is 11.0 Å². The molecule has 1 saturated heterocycles. The number of benzene rings is 1. The molecule has 0 saturated carbocycles. The van der Waals surface area contributed by atoms with Gasteiger partial charge in [-0.05, 0) is 56.5 Å². The standard InChI is InChI=1S/C24H27F2N3O2S/c25-17-8-9-20(26)18(14-17)23-28-29(22(30)10-7-16-4-3-12-27-15-16)24(32-23)11-13-31-21-6-2-1-5-19(21)24/h1-2,5-6,9,14,16-17,27H,3-4,7-8,10-13,15H2. The van der Waals surface area contributed by atoms with Gasteiger partial charge in [0.1, 0.15) is 27.7 Å². The Hall–Kier alpha value is -2.19. The molecule has 5 nitrogen and oxygen atoms in total. The number of fused-ring (bicyclic) bond motifs is 2. The average molecular weight is 460 g/mol. The number of piperidine rings is 1. The van der Waals surface area contributed by atoms with Crippen LogP contribution in [0.2, 0.25) is 0 Å². The smallest absolute Gasteiger partial charge is 0.244 e. The van der Waals surface area contributed by atoms with Crippen LogP contribution in [0.3, 0.4) is 0 Å². The van der Waals surface area contributed by atoms with E-state index >= 15 is 0 Å². The first kappa shape index (κ1) is 21.6. The van der Waals surface area contributed by atoms with Crippen LogP contribution in [0.15, 0.2) is 52.9 Å². The minimum atomic E-state index is -1.26. The molecule has 1 fully saturated rings. The van der Waals surface area contributed by atoms with E-state index in [-0.39, 0.29) is 17.9 Å². The molecule has 32 heavy (non-hydrogen) atoms. The predicted octanol–water partition coefficient (Wildman–Crippen LogP) is 4.81. The van der Waals surface area contributed by atoms with Crippen LogP contribution >= 0.6 is 11.8 Å². The quantitative estimate of drug-likeness (QED) is 0.702. The highest BCUT2D eigenvalue weighted by molar-refractivity contribution is 8.15. The zero-order valence-corrected chi connectivity index (χ0v) is 18.7. The van der Waals surface area contributed by atoms with E-state index in [0.29, 0.717) is 36.2 Å². The fourth-order valence-corrected chi connectivity index (χ4v) is 6.28. The maximum atomic E-state index is 14.6. The average Bonchev–Trinajstić information content (AvgIpc) is 3.20. The van der Waals surface area contributed by atoms with Crippen molar-refractivity contribution in [2.75, 3.05) is 19.7 Å². The van der Waals surface area contributed by atoms with E-state index in [1.165, 1.54) is 28.9 Å². The van der Waals surface area contributed by atoms with E-state index in [2.05, 4.69) is 10.4 Å². The minimum absolute atomic E-state index is 0.0210. The van der Waals surface area contributed by atoms with Crippen molar-refractivity contribution in [1.82, 2.24) is 10.3 Å². The van der Waals surface area contributed by atoms with Gasteiger partial charge in [-0.3, -0.25) is 4.79 Å². The Morgan fingerprint density at radius 1 is 1.38 bits per heavy atom. The Morgan fingerprint density at radius 2 is 2.25 bits per heavy atom. The summed E-state index contributed by atoms with van der Waals surface area (Å²) in [6, 6.07) is 7.61. The Kier molecular flexibility index (Phi) is 6.07. The molecule has 1 aromatic carbocycles. The Balaban J connectivity index is 1.47. The first-order valence-corrected chi connectivity index (χ1v) is 12.1. The van der Waals surface area contributed by atoms with Gasteiger partial charge in [-0.1, -0.05) is 30.0 Å². The molecule has 170 valence electrons. The first-order chi connectivity index (χ1) is 15.6. The lowest BCUT2D eigenvalue weighted by molar-refractivity contribution is -0.135. The van der Waals surface area contributed by atoms with Gasteiger partial charge in [-0.15, -0.1) is 0 Å². The van der Waals surface area contributed by atoms with Crippen LogP contribution in [-0.4, -0.2) is 41.8 Å². The molecule has 0 radical (unpaired) electrons. The van der Waals surface area contributed by atoms with Crippen LogP contribution in [-0.2, 0) is 9.67 Å². The predicted molar refractivity (Wildman–Crippen MR) is 122 cm³/mol. The summed E-state index contributed by atoms with van der Waals surface area (Å²) in [7, 11) is 0. The van der Waals surface area contributed by atoms with Crippen LogP contribution in [0.4, 0.5) is 8.78 Å². The molecule has 0 bridgehead atoms. The maximum absolute atomic E-state index is 14.6. The zero-order valence-electron chi connectivity index (χ0n) is 17.9. The van der Waals surface area contributed by atoms with E-state index in [0.717, 1.165) is 37.9 Å². The largest absolute Gasteiger partial charge is 0.493 e. The van der Waals surface area contributed by atoms with E-state index in [1.807, 2.05) is 24.3 Å². The van der Waals surface area contributed by atoms with E-state index in [4.69, 9.17) is 4.74 Å². The van der Waals surface area contributed by atoms with Crippen LogP contribution in [0.1, 0.15) is 44.1 Å². The molecule has 8 heteroatoms. The molecule has 0 aromatic heterocycles. The van der Waals surface area contributed by atoms with Crippen molar-refractivity contribution >= 4 is 22.7 Å². The number of hydrazone groups is 1. The second-order valence-corrected chi connectivity index (χ2v) is 9.99. The SMILES string of the molecule is O=C(CCC1CCCNC1)N1N=C(C2=CC(F)CC=C2F)SC12CCOc1ccccc12. The number of rotatable bonds is 4. The Morgan fingerprint density at radius 3 is 3.09 bits per heavy atom. The third kappa shape index (κ3) is 3.99. The molecular formula is C24H27F2N3O2S. The Labute approximate surface area is 191 Å². The number of nitrogens with one attached hydrogen (secondary N) is 1. The lowest BCUT2D eigenvalue weighted by Crippen LogP contribution is -2.44. The number of carbonyl (C=O) groups is 1. The van der Waals surface area contributed by atoms with Crippen molar-refractivity contribution in [2.45, 2.75) is 49.6 Å². The fraction of sp³-hybridized carbons (Fsp3) is 0.500. The molecule has 1 aliphatic carbocycles. The molecule has 3 unspecified atom stereocenters. The van der Waals surface area contributed by atoms with Gasteiger partial charge in [-0.25, -0.2) is 13.8 Å². The monoisotopic (exact) mass is 459 g/mol. The van der Waals surface area contributed by atoms with Crippen molar-refractivity contribution in [1.29, 1.82) is 0 Å². The molecule has 1 N–H and O–H groups in total. The highest BCUT2D eigenvalue weighted by atomic mass is 32.2. The summed E-state index contributed by atoms with van der Waals surface area (Å²) in [5.74, 6) is 0.600. The number of para-hydroxylation sites is 1. The third-order valence-corrected chi connectivity index (χ3v) is 7.99. The maximum Gasteiger partial charge on any atom is 0.244 e. The number of allylic oxidation sites excluding steroid dienone is 3. The van der Waals surface area contributed by atoms with Gasteiger partial charge in [0.2, 0.25) is 5.91 Å². The van der Waals surface area contributed by atoms with E-state index in [1.54, 1.807) is 0 Å². The second-order valence-electron chi connectivity index (χ2n) is 8.73. The third-order valence-electron chi connectivity index (χ3n) is 6.56. The molecule has 1 amide bonds. The second kappa shape index (κ2) is 8.98. The van der Waals surface area contributed by atoms with Gasteiger partial charge in [0.15, 0.2) is 0 Å². The molecule has 3 atom stereocenters. The van der Waals surface area contributed by atoms with Gasteiger partial charge in [0, 0.05) is 30.4 Å². The van der Waals surface area contributed by atoms with Crippen LogP contribution in [0, 0.1) is 5.92 Å². The lowest BCUT2D eigenvalue weighted by Gasteiger charge is -2.39. The van der Waals surface area contributed by atoms with Crippen LogP contribution in [0.25, 0.3) is 0 Å². The van der Waals surface area contributed by atoms with E-state index in [9.17, 15) is 13.6 Å². The van der Waals surface area contributed by atoms with Gasteiger partial charge >= 0.3 is 0 Å². The Bertz CT molecular complexity index is 989. The van der Waals surface area contributed by atoms with Crippen LogP contribution < -0.4 is 10.1 Å². The summed E-state index contributed by atoms with van der Waals surface area (Å²) in [5.41, 5.74) is 0.990. The van der Waals surface area contributed by atoms with E-state index < -0.39 is 16.9 Å². The number of nitrogens with zero attached hydrogens (tertiary/aromatic N) is 2. The summed E-state index contributed by atoms with van der Waals surface area (Å²) in [5, 5.41) is 9.89. The van der Waals surface area contributed by atoms with Crippen molar-refractivity contribution in [3.8, 4) is 5.75 Å². The molecule has 1 aromatic rings. The number of hydrogen-bond acceptors (Lipinski definition) is 5. The number of thioether (sulfide) groups is 1. The lowest BCUT2D eigenvalue weighted by atomic mass is 9.94. The van der Waals surface area contributed by atoms with Crippen LogP contribution in [0.5, 0.6) is 5.75 Å². The summed E-state index contributed by atoms with van der Waals surface area (Å²) < 4.78 is 34.5. The number of halogens is 2. The zero-order chi connectivity index (χ0) is 22.1. The molecule has 4 aliphatic rings. The molecular weight excluding hydrogens is 432 g/mol. The van der Waals surface area contributed by atoms with Crippen molar-refractivity contribution in [3.05, 3.63) is 53.4 Å².